The van der Waals surface area contributed by atoms with Gasteiger partial charge in [0.15, 0.2) is 5.17 Å². The van der Waals surface area contributed by atoms with Crippen LogP contribution in [0.2, 0.25) is 0 Å². The van der Waals surface area contributed by atoms with E-state index in [1.807, 2.05) is 18.7 Å². The second kappa shape index (κ2) is 7.13. The second-order valence-corrected chi connectivity index (χ2v) is 6.69. The number of nitrogens with zero attached hydrogens (tertiary/aromatic N) is 3. The van der Waals surface area contributed by atoms with Crippen LogP contribution in [0.5, 0.6) is 0 Å². The monoisotopic (exact) mass is 296 g/mol. The smallest absolute Gasteiger partial charge is 0.237 e. The van der Waals surface area contributed by atoms with Crippen molar-refractivity contribution in [2.24, 2.45) is 4.99 Å². The van der Waals surface area contributed by atoms with Crippen LogP contribution in [0.3, 0.4) is 0 Å². The number of aliphatic imine (C=N–C) groups is 1. The molecule has 1 saturated heterocycles. The van der Waals surface area contributed by atoms with Crippen LogP contribution in [0.4, 0.5) is 0 Å². The fourth-order valence-corrected chi connectivity index (χ4v) is 3.41. The van der Waals surface area contributed by atoms with Gasteiger partial charge in [-0.1, -0.05) is 24.8 Å². The zero-order valence-corrected chi connectivity index (χ0v) is 13.2. The van der Waals surface area contributed by atoms with E-state index in [9.17, 15) is 4.79 Å². The van der Waals surface area contributed by atoms with E-state index in [1.165, 1.54) is 5.17 Å². The molecule has 0 saturated carbocycles. The molecule has 0 bridgehead atoms. The summed E-state index contributed by atoms with van der Waals surface area (Å²) in [6.07, 6.45) is 1.71. The van der Waals surface area contributed by atoms with Crippen LogP contribution in [0, 0.1) is 0 Å². The highest BCUT2D eigenvalue weighted by atomic mass is 32.2. The first-order valence-corrected chi connectivity index (χ1v) is 8.08. The second-order valence-electron chi connectivity index (χ2n) is 5.28. The molecular formula is C14H24N4OS. The molecule has 2 rings (SSSR count). The molecule has 2 atom stereocenters. The normalized spacial score (nSPS) is 25.2. The van der Waals surface area contributed by atoms with E-state index in [2.05, 4.69) is 33.6 Å². The SMILES string of the molecule is C=CCNC(=O)[C@H](C)N1CCN(C2=NC[C@H](C)S2)CC1. The van der Waals surface area contributed by atoms with Gasteiger partial charge in [0.05, 0.1) is 12.6 Å². The van der Waals surface area contributed by atoms with Gasteiger partial charge in [-0.05, 0) is 6.92 Å². The van der Waals surface area contributed by atoms with Crippen molar-refractivity contribution < 1.29 is 4.79 Å². The van der Waals surface area contributed by atoms with Crippen molar-refractivity contribution in [2.75, 3.05) is 39.3 Å². The van der Waals surface area contributed by atoms with E-state index >= 15 is 0 Å². The Kier molecular flexibility index (Phi) is 5.48. The van der Waals surface area contributed by atoms with Crippen LogP contribution in [0.1, 0.15) is 13.8 Å². The van der Waals surface area contributed by atoms with Gasteiger partial charge < -0.3 is 10.2 Å². The molecule has 0 radical (unpaired) electrons. The van der Waals surface area contributed by atoms with Crippen LogP contribution in [0.25, 0.3) is 0 Å². The topological polar surface area (TPSA) is 47.9 Å². The first kappa shape index (κ1) is 15.4. The van der Waals surface area contributed by atoms with E-state index in [0.717, 1.165) is 32.7 Å². The minimum absolute atomic E-state index is 0.0748. The van der Waals surface area contributed by atoms with Crippen molar-refractivity contribution in [3.05, 3.63) is 12.7 Å². The Labute approximate surface area is 125 Å². The zero-order chi connectivity index (χ0) is 14.5. The molecule has 6 heteroatoms. The highest BCUT2D eigenvalue weighted by Gasteiger charge is 2.28. The van der Waals surface area contributed by atoms with E-state index in [-0.39, 0.29) is 11.9 Å². The van der Waals surface area contributed by atoms with Gasteiger partial charge in [0, 0.05) is 38.0 Å². The summed E-state index contributed by atoms with van der Waals surface area (Å²) in [6, 6.07) is -0.0748. The van der Waals surface area contributed by atoms with Crippen molar-refractivity contribution in [3.8, 4) is 0 Å². The largest absolute Gasteiger partial charge is 0.351 e. The third kappa shape index (κ3) is 3.76. The molecule has 0 spiro atoms. The molecule has 5 nitrogen and oxygen atoms in total. The first-order chi connectivity index (χ1) is 9.61. The highest BCUT2D eigenvalue weighted by Crippen LogP contribution is 2.23. The fourth-order valence-electron chi connectivity index (χ4n) is 2.42. The van der Waals surface area contributed by atoms with E-state index in [4.69, 9.17) is 0 Å². The average Bonchev–Trinajstić information content (AvgIpc) is 2.90. The maximum atomic E-state index is 11.9. The van der Waals surface area contributed by atoms with Crippen LogP contribution in [-0.2, 0) is 4.79 Å². The molecule has 0 unspecified atom stereocenters. The van der Waals surface area contributed by atoms with Gasteiger partial charge in [0.1, 0.15) is 0 Å². The van der Waals surface area contributed by atoms with Gasteiger partial charge in [0.25, 0.3) is 0 Å². The number of amides is 1. The summed E-state index contributed by atoms with van der Waals surface area (Å²) in [6.45, 7) is 13.0. The quantitative estimate of drug-likeness (QED) is 0.779. The minimum Gasteiger partial charge on any atom is -0.351 e. The Balaban J connectivity index is 1.79. The lowest BCUT2D eigenvalue weighted by molar-refractivity contribution is -0.126. The summed E-state index contributed by atoms with van der Waals surface area (Å²) in [5, 5.41) is 4.65. The van der Waals surface area contributed by atoms with E-state index in [0.29, 0.717) is 11.8 Å². The first-order valence-electron chi connectivity index (χ1n) is 7.20. The van der Waals surface area contributed by atoms with Crippen LogP contribution >= 0.6 is 11.8 Å². The molecule has 1 amide bonds. The van der Waals surface area contributed by atoms with Crippen molar-refractivity contribution in [2.45, 2.75) is 25.1 Å². The predicted octanol–water partition coefficient (Wildman–Crippen LogP) is 0.786. The Morgan fingerprint density at radius 2 is 2.25 bits per heavy atom. The molecule has 2 heterocycles. The van der Waals surface area contributed by atoms with Crippen LogP contribution < -0.4 is 5.32 Å². The minimum atomic E-state index is -0.0748. The van der Waals surface area contributed by atoms with Gasteiger partial charge in [-0.3, -0.25) is 14.7 Å². The van der Waals surface area contributed by atoms with Crippen LogP contribution in [0.15, 0.2) is 17.6 Å². The van der Waals surface area contributed by atoms with Crippen molar-refractivity contribution in [1.82, 2.24) is 15.1 Å². The molecule has 0 aliphatic carbocycles. The van der Waals surface area contributed by atoms with Gasteiger partial charge in [-0.2, -0.15) is 0 Å². The molecule has 0 aromatic heterocycles. The lowest BCUT2D eigenvalue weighted by atomic mass is 10.2. The molecule has 1 fully saturated rings. The van der Waals surface area contributed by atoms with Gasteiger partial charge in [0.2, 0.25) is 5.91 Å². The zero-order valence-electron chi connectivity index (χ0n) is 12.3. The van der Waals surface area contributed by atoms with Crippen molar-refractivity contribution in [3.63, 3.8) is 0 Å². The van der Waals surface area contributed by atoms with E-state index < -0.39 is 0 Å². The van der Waals surface area contributed by atoms with Gasteiger partial charge in [-0.15, -0.1) is 6.58 Å². The lowest BCUT2D eigenvalue weighted by Gasteiger charge is -2.38. The number of carbonyl (C=O) groups is 1. The summed E-state index contributed by atoms with van der Waals surface area (Å²) in [7, 11) is 0. The number of piperazine rings is 1. The maximum Gasteiger partial charge on any atom is 0.237 e. The molecule has 112 valence electrons. The molecule has 1 N–H and O–H groups in total. The number of amidine groups is 1. The molecule has 0 aromatic carbocycles. The maximum absolute atomic E-state index is 11.9. The summed E-state index contributed by atoms with van der Waals surface area (Å²) in [5.74, 6) is 0.0829. The number of hydrogen-bond donors (Lipinski definition) is 1. The Morgan fingerprint density at radius 3 is 2.80 bits per heavy atom. The van der Waals surface area contributed by atoms with Gasteiger partial charge >= 0.3 is 0 Å². The molecule has 0 aromatic rings. The van der Waals surface area contributed by atoms with Crippen molar-refractivity contribution >= 4 is 22.8 Å². The lowest BCUT2D eigenvalue weighted by Crippen LogP contribution is -2.54. The third-order valence-electron chi connectivity index (χ3n) is 3.72. The highest BCUT2D eigenvalue weighted by molar-refractivity contribution is 8.14. The summed E-state index contributed by atoms with van der Waals surface area (Å²) >= 11 is 1.87. The van der Waals surface area contributed by atoms with Crippen molar-refractivity contribution in [1.29, 1.82) is 0 Å². The van der Waals surface area contributed by atoms with Crippen LogP contribution in [-0.4, -0.2) is 71.4 Å². The standard InChI is InChI=1S/C14H24N4OS/c1-4-5-15-13(19)12(3)17-6-8-18(9-7-17)14-16-10-11(2)20-14/h4,11-12H,1,5-10H2,2-3H3,(H,15,19)/t11-,12-/m0/s1. The number of hydrogen-bond acceptors (Lipinski definition) is 5. The van der Waals surface area contributed by atoms with Gasteiger partial charge in [-0.25, -0.2) is 0 Å². The number of rotatable bonds is 4. The molecular weight excluding hydrogens is 272 g/mol. The summed E-state index contributed by atoms with van der Waals surface area (Å²) in [5.41, 5.74) is 0. The number of thioether (sulfide) groups is 1. The molecule has 2 aliphatic rings. The fraction of sp³-hybridized carbons (Fsp3) is 0.714. The summed E-state index contributed by atoms with van der Waals surface area (Å²) in [4.78, 5) is 21.1. The Hall–Kier alpha value is -1.01. The molecule has 2 aliphatic heterocycles. The number of nitrogens with one attached hydrogen (secondary N) is 1. The molecule has 20 heavy (non-hydrogen) atoms. The Morgan fingerprint density at radius 1 is 1.55 bits per heavy atom. The third-order valence-corrected chi connectivity index (χ3v) is 4.87. The summed E-state index contributed by atoms with van der Waals surface area (Å²) < 4.78 is 0. The Bertz CT molecular complexity index is 391. The number of carbonyl (C=O) groups excluding carboxylic acids is 1. The average molecular weight is 296 g/mol. The van der Waals surface area contributed by atoms with E-state index in [1.54, 1.807) is 6.08 Å². The predicted molar refractivity (Wildman–Crippen MR) is 85.2 cm³/mol.